The second-order valence-electron chi connectivity index (χ2n) is 16.4. The third kappa shape index (κ3) is 26.1. The summed E-state index contributed by atoms with van der Waals surface area (Å²) in [5.74, 6) is -14.4. The van der Waals surface area contributed by atoms with Gasteiger partial charge in [-0.1, -0.05) is 13.8 Å². The molecule has 0 radical (unpaired) electrons. The topological polar surface area (TPSA) is 496 Å². The normalized spacial score (nSPS) is 19.4. The van der Waals surface area contributed by atoms with Crippen LogP contribution in [0, 0.1) is 5.92 Å². The third-order valence-electron chi connectivity index (χ3n) is 10.1. The van der Waals surface area contributed by atoms with Crippen LogP contribution in [0.3, 0.4) is 0 Å². The van der Waals surface area contributed by atoms with Crippen molar-refractivity contribution in [2.24, 2.45) is 5.92 Å². The van der Waals surface area contributed by atoms with E-state index in [-0.39, 0.29) is 65.8 Å². The number of carbonyl (C=O) groups excluding carboxylic acids is 7. The predicted octanol–water partition coefficient (Wildman–Crippen LogP) is -8.37. The maximum Gasteiger partial charge on any atom is 0.305 e. The Hall–Kier alpha value is -6.55. The summed E-state index contributed by atoms with van der Waals surface area (Å²) in [6, 6.07) is -8.70. The number of nitrogens with zero attached hydrogens (tertiary/aromatic N) is 1. The molecule has 1 aliphatic heterocycles. The molecule has 0 aromatic rings. The summed E-state index contributed by atoms with van der Waals surface area (Å²) < 4.78 is 26.4. The highest BCUT2D eigenvalue weighted by Crippen LogP contribution is 2.22. The lowest BCUT2D eigenvalue weighted by Gasteiger charge is -2.40. The zero-order valence-corrected chi connectivity index (χ0v) is 40.3. The second kappa shape index (κ2) is 34.8. The molecule has 0 aromatic carbocycles. The van der Waals surface area contributed by atoms with Gasteiger partial charge in [-0.2, -0.15) is 0 Å². The van der Waals surface area contributed by atoms with Crippen molar-refractivity contribution in [2.45, 2.75) is 114 Å². The predicted molar refractivity (Wildman–Crippen MR) is 239 cm³/mol. The first-order chi connectivity index (χ1) is 34.4. The molecule has 32 nitrogen and oxygen atoms in total. The van der Waals surface area contributed by atoms with Gasteiger partial charge in [0.2, 0.25) is 36.1 Å². The summed E-state index contributed by atoms with van der Waals surface area (Å²) in [7, 11) is 0. The van der Waals surface area contributed by atoms with Crippen molar-refractivity contribution in [3.63, 3.8) is 0 Å². The minimum atomic E-state index is -2.18. The fourth-order valence-corrected chi connectivity index (χ4v) is 6.27. The molecule has 414 valence electrons. The van der Waals surface area contributed by atoms with Gasteiger partial charge >= 0.3 is 23.9 Å². The van der Waals surface area contributed by atoms with Crippen molar-refractivity contribution in [1.82, 2.24) is 37.2 Å². The summed E-state index contributed by atoms with van der Waals surface area (Å²) >= 11 is 0. The van der Waals surface area contributed by atoms with E-state index in [9.17, 15) is 83.4 Å². The molecule has 1 heterocycles. The first-order valence-corrected chi connectivity index (χ1v) is 22.7. The molecule has 32 heteroatoms. The van der Waals surface area contributed by atoms with E-state index < -0.39 is 171 Å². The third-order valence-corrected chi connectivity index (χ3v) is 10.1. The largest absolute Gasteiger partial charge is 0.508 e. The molecule has 1 saturated heterocycles. The number of hydrogen-bond donors (Lipinski definition) is 15. The molecule has 0 bridgehead atoms. The molecule has 1 fully saturated rings. The SMILES string of the molecule is CC(C)[C@H](NC(=O)[C@H](CCC(=O)O)NC(=O)[C@H](CC(=O)O)NC(=O)C1OC(CNC(=O)C[NH+]=[N-])C(O)C(O)C1O)C(=O)N[C@@H](CC(=O)O)C(=O)N[C@@H](C)C(=O)NCCOCCOCCOCCOCCC(=O)O. The number of carboxylic acid groups (broad SMARTS) is 4. The number of hydrogen-bond acceptors (Lipinski definition) is 19. The number of aliphatic hydroxyl groups is 3. The molecular weight excluding hydrogens is 986 g/mol. The van der Waals surface area contributed by atoms with Gasteiger partial charge < -0.3 is 107 Å². The monoisotopic (exact) mass is 1050 g/mol. The van der Waals surface area contributed by atoms with Crippen LogP contribution < -0.4 is 42.3 Å². The van der Waals surface area contributed by atoms with Crippen molar-refractivity contribution >= 4 is 65.2 Å². The Kier molecular flexibility index (Phi) is 30.7. The van der Waals surface area contributed by atoms with Crippen LogP contribution >= 0.6 is 0 Å². The molecule has 1 rings (SSSR count). The summed E-state index contributed by atoms with van der Waals surface area (Å²) in [4.78, 5) is 137. The van der Waals surface area contributed by atoms with Crippen LogP contribution in [0.4, 0.5) is 0 Å². The van der Waals surface area contributed by atoms with E-state index >= 15 is 0 Å². The van der Waals surface area contributed by atoms with Gasteiger partial charge in [0, 0.05) is 19.5 Å². The van der Waals surface area contributed by atoms with Crippen LogP contribution in [0.2, 0.25) is 0 Å². The Bertz CT molecular complexity index is 1880. The summed E-state index contributed by atoms with van der Waals surface area (Å²) in [5.41, 5.74) is 8.69. The number of aliphatic hydroxyl groups excluding tert-OH is 3. The van der Waals surface area contributed by atoms with Gasteiger partial charge in [-0.05, 0) is 19.3 Å². The maximum atomic E-state index is 13.7. The molecule has 0 aromatic heterocycles. The highest BCUT2D eigenvalue weighted by Gasteiger charge is 2.47. The van der Waals surface area contributed by atoms with Crippen molar-refractivity contribution < 1.29 is 117 Å². The van der Waals surface area contributed by atoms with Crippen LogP contribution in [0.5, 0.6) is 0 Å². The average molecular weight is 1050 g/mol. The fourth-order valence-electron chi connectivity index (χ4n) is 6.27. The van der Waals surface area contributed by atoms with Gasteiger partial charge in [-0.25, -0.2) is 0 Å². The van der Waals surface area contributed by atoms with Gasteiger partial charge in [0.15, 0.2) is 6.10 Å². The quantitative estimate of drug-likeness (QED) is 0.0202. The molecule has 0 saturated carbocycles. The van der Waals surface area contributed by atoms with Gasteiger partial charge in [-0.15, -0.1) is 0 Å². The Labute approximate surface area is 416 Å². The van der Waals surface area contributed by atoms with Gasteiger partial charge in [0.05, 0.1) is 72.1 Å². The number of rotatable bonds is 38. The van der Waals surface area contributed by atoms with E-state index in [0.717, 1.165) is 0 Å². The molecule has 1 aliphatic rings. The molecule has 73 heavy (non-hydrogen) atoms. The number of carbonyl (C=O) groups is 11. The van der Waals surface area contributed by atoms with Crippen LogP contribution in [-0.4, -0.2) is 234 Å². The zero-order valence-electron chi connectivity index (χ0n) is 40.3. The number of ether oxygens (including phenoxy) is 5. The number of amides is 7. The minimum absolute atomic E-state index is 0.0101. The fraction of sp³-hybridized carbons (Fsp3) is 0.732. The second-order valence-corrected chi connectivity index (χ2v) is 16.4. The maximum absolute atomic E-state index is 13.7. The van der Waals surface area contributed by atoms with Crippen molar-refractivity contribution in [3.8, 4) is 0 Å². The standard InChI is InChI=1S/C41H67N9O23/c1-20(2)31(40(67)48-23(16-29(56)57)38(65)46-21(3)36(63)43-7-9-70-11-13-72-15-14-71-12-10-69-8-6-28(54)55)50-37(64)22(4-5-27(52)53)47-39(66)24(17-30(58)59)49-41(68)35-34(62)33(61)32(60)25(73-35)18-44-26(51)19-45-42/h20-25,31-35,45,60-62H,4-19H2,1-3H3,(H,43,63)(H,44,51)(H,46,65)(H,47,66)(H,48,67)(H,49,68)(H,50,64)(H,52,53)(H,54,55)(H,56,57)(H,58,59)/t21-,22-,23-,24-,25?,31-,32?,33?,34?,35?/m0/s1. The zero-order chi connectivity index (χ0) is 55.2. The Morgan fingerprint density at radius 3 is 1.56 bits per heavy atom. The summed E-state index contributed by atoms with van der Waals surface area (Å²) in [6.45, 7) is 4.34. The van der Waals surface area contributed by atoms with Crippen LogP contribution in [0.1, 0.15) is 52.9 Å². The van der Waals surface area contributed by atoms with Crippen molar-refractivity contribution in [1.29, 1.82) is 0 Å². The first kappa shape index (κ1) is 64.5. The Morgan fingerprint density at radius 2 is 1.04 bits per heavy atom. The van der Waals surface area contributed by atoms with Gasteiger partial charge in [0.25, 0.3) is 11.8 Å². The van der Waals surface area contributed by atoms with E-state index in [2.05, 4.69) is 31.9 Å². The molecule has 0 spiro atoms. The number of aliphatic carboxylic acids is 4. The molecule has 0 aliphatic carbocycles. The minimum Gasteiger partial charge on any atom is -0.508 e. The Balaban J connectivity index is 2.94. The summed E-state index contributed by atoms with van der Waals surface area (Å²) in [6.07, 6.45) is -13.6. The Morgan fingerprint density at radius 1 is 0.548 bits per heavy atom. The van der Waals surface area contributed by atoms with E-state index in [1.54, 1.807) is 5.11 Å². The lowest BCUT2D eigenvalue weighted by Crippen LogP contribution is -2.68. The first-order valence-electron chi connectivity index (χ1n) is 22.7. The number of nitrogens with one attached hydrogen (secondary N) is 8. The van der Waals surface area contributed by atoms with E-state index in [1.165, 1.54) is 20.8 Å². The molecule has 5 unspecified atom stereocenters. The van der Waals surface area contributed by atoms with Crippen molar-refractivity contribution in [2.75, 3.05) is 72.5 Å². The highest BCUT2D eigenvalue weighted by molar-refractivity contribution is 5.98. The van der Waals surface area contributed by atoms with Crippen LogP contribution in [0.15, 0.2) is 0 Å². The summed E-state index contributed by atoms with van der Waals surface area (Å²) in [5, 5.41) is 85.4. The lowest BCUT2D eigenvalue weighted by molar-refractivity contribution is -0.467. The molecular formula is C41H67N9O23. The van der Waals surface area contributed by atoms with Crippen LogP contribution in [0.25, 0.3) is 5.53 Å². The van der Waals surface area contributed by atoms with Crippen molar-refractivity contribution in [3.05, 3.63) is 5.53 Å². The van der Waals surface area contributed by atoms with E-state index in [0.29, 0.717) is 0 Å². The van der Waals surface area contributed by atoms with E-state index in [4.69, 9.17) is 34.3 Å². The van der Waals surface area contributed by atoms with Crippen LogP contribution in [-0.2, 0) is 76.4 Å². The van der Waals surface area contributed by atoms with Gasteiger partial charge in [0.1, 0.15) is 54.6 Å². The molecule has 10 atom stereocenters. The smallest absolute Gasteiger partial charge is 0.305 e. The molecule has 7 amide bonds. The molecule has 15 N–H and O–H groups in total. The highest BCUT2D eigenvalue weighted by atomic mass is 16.6. The van der Waals surface area contributed by atoms with Gasteiger partial charge in [-0.3, -0.25) is 52.7 Å². The lowest BCUT2D eigenvalue weighted by atomic mass is 9.94. The van der Waals surface area contributed by atoms with E-state index in [1.807, 2.05) is 5.32 Å². The number of carboxylic acids is 4. The average Bonchev–Trinajstić information content (AvgIpc) is 3.30.